The quantitative estimate of drug-likeness (QED) is 0.551. The summed E-state index contributed by atoms with van der Waals surface area (Å²) in [5, 5.41) is 2.62. The molecule has 33 heavy (non-hydrogen) atoms. The van der Waals surface area contributed by atoms with Gasteiger partial charge in [0.2, 0.25) is 15.9 Å². The Bertz CT molecular complexity index is 1100. The van der Waals surface area contributed by atoms with Gasteiger partial charge in [0.1, 0.15) is 0 Å². The van der Waals surface area contributed by atoms with Crippen LogP contribution in [0.15, 0.2) is 53.4 Å². The number of rotatable bonds is 9. The van der Waals surface area contributed by atoms with E-state index in [-0.39, 0.29) is 36.1 Å². The Balaban J connectivity index is 1.69. The molecule has 1 fully saturated rings. The van der Waals surface area contributed by atoms with Gasteiger partial charge in [-0.3, -0.25) is 4.79 Å². The zero-order chi connectivity index (χ0) is 23.8. The van der Waals surface area contributed by atoms with E-state index in [0.29, 0.717) is 24.5 Å². The van der Waals surface area contributed by atoms with E-state index < -0.39 is 22.5 Å². The number of ether oxygens (including phenoxy) is 3. The van der Waals surface area contributed by atoms with Crippen LogP contribution in [0.25, 0.3) is 6.08 Å². The number of alkyl halides is 2. The second-order valence-corrected chi connectivity index (χ2v) is 8.82. The third kappa shape index (κ3) is 6.73. The molecular weight excluding hydrogens is 458 g/mol. The van der Waals surface area contributed by atoms with Crippen molar-refractivity contribution in [2.75, 3.05) is 38.2 Å². The van der Waals surface area contributed by atoms with Gasteiger partial charge in [-0.25, -0.2) is 8.42 Å². The van der Waals surface area contributed by atoms with Gasteiger partial charge in [0, 0.05) is 24.9 Å². The van der Waals surface area contributed by atoms with Crippen molar-refractivity contribution in [3.8, 4) is 11.5 Å². The third-order valence-corrected chi connectivity index (χ3v) is 6.51. The highest BCUT2D eigenvalue weighted by atomic mass is 32.2. The number of carbonyl (C=O) groups is 1. The second-order valence-electron chi connectivity index (χ2n) is 6.88. The van der Waals surface area contributed by atoms with E-state index in [9.17, 15) is 22.0 Å². The van der Waals surface area contributed by atoms with Crippen LogP contribution in [0.2, 0.25) is 0 Å². The van der Waals surface area contributed by atoms with Gasteiger partial charge in [-0.05, 0) is 48.9 Å². The number of carbonyl (C=O) groups excluding carboxylic acids is 1. The number of sulfonamides is 1. The molecule has 1 N–H and O–H groups in total. The summed E-state index contributed by atoms with van der Waals surface area (Å²) in [6.45, 7) is 0.173. The molecule has 8 nitrogen and oxygen atoms in total. The molecule has 1 amide bonds. The average Bonchev–Trinajstić information content (AvgIpc) is 2.80. The van der Waals surface area contributed by atoms with Crippen LogP contribution in [0, 0.1) is 0 Å². The Morgan fingerprint density at radius 1 is 1.18 bits per heavy atom. The minimum absolute atomic E-state index is 0.0714. The normalized spacial score (nSPS) is 15.0. The van der Waals surface area contributed by atoms with Crippen molar-refractivity contribution in [3.05, 3.63) is 54.1 Å². The van der Waals surface area contributed by atoms with Crippen molar-refractivity contribution < 1.29 is 36.2 Å². The summed E-state index contributed by atoms with van der Waals surface area (Å²) < 4.78 is 66.9. The van der Waals surface area contributed by atoms with E-state index in [2.05, 4.69) is 10.1 Å². The Labute approximate surface area is 190 Å². The lowest BCUT2D eigenvalue weighted by Gasteiger charge is -2.26. The first kappa shape index (κ1) is 24.6. The summed E-state index contributed by atoms with van der Waals surface area (Å²) in [5.74, 6) is -0.477. The van der Waals surface area contributed by atoms with Crippen LogP contribution in [0.1, 0.15) is 12.5 Å². The lowest BCUT2D eigenvalue weighted by molar-refractivity contribution is -0.111. The molecule has 0 atom stereocenters. The summed E-state index contributed by atoms with van der Waals surface area (Å²) in [7, 11) is -3.69. The zero-order valence-corrected chi connectivity index (χ0v) is 18.7. The van der Waals surface area contributed by atoms with Gasteiger partial charge in [-0.2, -0.15) is 13.1 Å². The SMILES string of the molecule is CCOc1cc(/C=C/C(=O)Nc2cccc(S(=O)(=O)N3CCOCC3)c2)ccc1OC(F)F. The molecule has 0 unspecified atom stereocenters. The molecule has 1 aliphatic rings. The fourth-order valence-electron chi connectivity index (χ4n) is 3.12. The lowest BCUT2D eigenvalue weighted by Crippen LogP contribution is -2.40. The molecule has 3 rings (SSSR count). The first-order chi connectivity index (χ1) is 15.8. The Hall–Kier alpha value is -3.02. The van der Waals surface area contributed by atoms with E-state index in [0.717, 1.165) is 0 Å². The molecular formula is C22H24F2N2O6S. The predicted molar refractivity (Wildman–Crippen MR) is 118 cm³/mol. The lowest BCUT2D eigenvalue weighted by atomic mass is 10.2. The molecule has 0 saturated carbocycles. The highest BCUT2D eigenvalue weighted by molar-refractivity contribution is 7.89. The molecule has 11 heteroatoms. The number of benzene rings is 2. The fourth-order valence-corrected chi connectivity index (χ4v) is 4.57. The highest BCUT2D eigenvalue weighted by Crippen LogP contribution is 2.30. The Morgan fingerprint density at radius 2 is 1.94 bits per heavy atom. The number of hydrogen-bond acceptors (Lipinski definition) is 6. The molecule has 2 aromatic rings. The van der Waals surface area contributed by atoms with Crippen LogP contribution < -0.4 is 14.8 Å². The predicted octanol–water partition coefficient (Wildman–Crippen LogP) is 3.36. The number of morpholine rings is 1. The molecule has 0 spiro atoms. The summed E-state index contributed by atoms with van der Waals surface area (Å²) in [5.41, 5.74) is 0.841. The van der Waals surface area contributed by atoms with Crippen molar-refractivity contribution in [2.24, 2.45) is 0 Å². The van der Waals surface area contributed by atoms with Crippen molar-refractivity contribution in [1.82, 2.24) is 4.31 Å². The highest BCUT2D eigenvalue weighted by Gasteiger charge is 2.26. The molecule has 0 aliphatic carbocycles. The molecule has 0 aromatic heterocycles. The largest absolute Gasteiger partial charge is 0.490 e. The van der Waals surface area contributed by atoms with Gasteiger partial charge in [0.15, 0.2) is 11.5 Å². The van der Waals surface area contributed by atoms with Crippen LogP contribution in [0.3, 0.4) is 0 Å². The maximum Gasteiger partial charge on any atom is 0.387 e. The van der Waals surface area contributed by atoms with Gasteiger partial charge >= 0.3 is 6.61 Å². The molecule has 1 heterocycles. The minimum atomic E-state index is -3.69. The monoisotopic (exact) mass is 482 g/mol. The summed E-state index contributed by atoms with van der Waals surface area (Å²) in [6, 6.07) is 10.3. The molecule has 1 aliphatic heterocycles. The van der Waals surface area contributed by atoms with E-state index in [1.807, 2.05) is 0 Å². The minimum Gasteiger partial charge on any atom is -0.490 e. The number of hydrogen-bond donors (Lipinski definition) is 1. The topological polar surface area (TPSA) is 94.2 Å². The Morgan fingerprint density at radius 3 is 2.64 bits per heavy atom. The van der Waals surface area contributed by atoms with Crippen molar-refractivity contribution in [2.45, 2.75) is 18.4 Å². The van der Waals surface area contributed by atoms with Crippen LogP contribution in [-0.2, 0) is 19.6 Å². The zero-order valence-electron chi connectivity index (χ0n) is 17.9. The number of nitrogens with zero attached hydrogens (tertiary/aromatic N) is 1. The molecule has 178 valence electrons. The van der Waals surface area contributed by atoms with Gasteiger partial charge in [0.05, 0.1) is 24.7 Å². The first-order valence-corrected chi connectivity index (χ1v) is 11.6. The van der Waals surface area contributed by atoms with Crippen LogP contribution in [0.4, 0.5) is 14.5 Å². The number of amides is 1. The van der Waals surface area contributed by atoms with Crippen LogP contribution in [-0.4, -0.2) is 58.2 Å². The maximum atomic E-state index is 12.8. The summed E-state index contributed by atoms with van der Waals surface area (Å²) >= 11 is 0. The van der Waals surface area contributed by atoms with Crippen molar-refractivity contribution in [3.63, 3.8) is 0 Å². The maximum absolute atomic E-state index is 12.8. The number of nitrogens with one attached hydrogen (secondary N) is 1. The average molecular weight is 483 g/mol. The molecule has 0 radical (unpaired) electrons. The number of halogens is 2. The van der Waals surface area contributed by atoms with Crippen LogP contribution in [0.5, 0.6) is 11.5 Å². The van der Waals surface area contributed by atoms with Gasteiger partial charge < -0.3 is 19.5 Å². The third-order valence-electron chi connectivity index (χ3n) is 4.62. The summed E-state index contributed by atoms with van der Waals surface area (Å²) in [6.07, 6.45) is 2.71. The molecule has 2 aromatic carbocycles. The Kier molecular flexibility index (Phi) is 8.37. The van der Waals surface area contributed by atoms with E-state index >= 15 is 0 Å². The van der Waals surface area contributed by atoms with Gasteiger partial charge in [-0.1, -0.05) is 12.1 Å². The molecule has 1 saturated heterocycles. The van der Waals surface area contributed by atoms with Crippen molar-refractivity contribution in [1.29, 1.82) is 0 Å². The number of anilines is 1. The fraction of sp³-hybridized carbons (Fsp3) is 0.318. The second kappa shape index (κ2) is 11.2. The van der Waals surface area contributed by atoms with Crippen molar-refractivity contribution >= 4 is 27.7 Å². The first-order valence-electron chi connectivity index (χ1n) is 10.2. The van der Waals surface area contributed by atoms with E-state index in [4.69, 9.17) is 9.47 Å². The smallest absolute Gasteiger partial charge is 0.387 e. The van der Waals surface area contributed by atoms with Gasteiger partial charge in [-0.15, -0.1) is 0 Å². The molecule has 0 bridgehead atoms. The van der Waals surface area contributed by atoms with Gasteiger partial charge in [0.25, 0.3) is 0 Å². The standard InChI is InChI=1S/C22H24F2N2O6S/c1-2-31-20-14-16(6-8-19(20)32-22(23)24)7-9-21(27)25-17-4-3-5-18(15-17)33(28,29)26-10-12-30-13-11-26/h3-9,14-15,22H,2,10-13H2,1H3,(H,25,27)/b9-7+. The van der Waals surface area contributed by atoms with E-state index in [1.54, 1.807) is 19.1 Å². The summed E-state index contributed by atoms with van der Waals surface area (Å²) in [4.78, 5) is 12.4. The van der Waals surface area contributed by atoms with Crippen LogP contribution >= 0.6 is 0 Å². The van der Waals surface area contributed by atoms with E-state index in [1.165, 1.54) is 46.8 Å².